The van der Waals surface area contributed by atoms with Crippen LogP contribution in [0.1, 0.15) is 52.0 Å². The summed E-state index contributed by atoms with van der Waals surface area (Å²) in [6.45, 7) is 2.90. The molecule has 3 amide bonds. The van der Waals surface area contributed by atoms with Crippen LogP contribution in [0.3, 0.4) is 0 Å². The molecule has 0 aromatic heterocycles. The lowest BCUT2D eigenvalue weighted by molar-refractivity contribution is -0.120. The molecule has 0 spiro atoms. The van der Waals surface area contributed by atoms with Crippen molar-refractivity contribution >= 4 is 29.1 Å². The Bertz CT molecular complexity index is 1370. The molecule has 236 valence electrons. The van der Waals surface area contributed by atoms with E-state index in [0.717, 1.165) is 24.1 Å². The Morgan fingerprint density at radius 1 is 0.864 bits per heavy atom. The van der Waals surface area contributed by atoms with E-state index in [1.54, 1.807) is 54.4 Å². The van der Waals surface area contributed by atoms with E-state index in [4.69, 9.17) is 25.7 Å². The number of ether oxygens (including phenoxy) is 3. The maximum absolute atomic E-state index is 13.3. The van der Waals surface area contributed by atoms with Gasteiger partial charge in [-0.15, -0.1) is 0 Å². The quantitative estimate of drug-likeness (QED) is 0.160. The first kappa shape index (κ1) is 34.0. The largest absolute Gasteiger partial charge is 0.495 e. The van der Waals surface area contributed by atoms with E-state index in [0.29, 0.717) is 80.6 Å². The monoisotopic (exact) mass is 605 g/mol. The Morgan fingerprint density at radius 3 is 2.36 bits per heavy atom. The first-order valence-corrected chi connectivity index (χ1v) is 14.7. The predicted molar refractivity (Wildman–Crippen MR) is 171 cm³/mol. The minimum absolute atomic E-state index is 0.0279. The number of amides is 3. The van der Waals surface area contributed by atoms with Crippen molar-refractivity contribution in [2.24, 2.45) is 11.5 Å². The SMILES string of the molecule is COc1cc(C(=O)N(C)c2ccc(COCCCCNC(=O)CCN)cc2)ccc1NC(=O)c1ccccc1OCCCN. The van der Waals surface area contributed by atoms with Crippen molar-refractivity contribution in [2.75, 3.05) is 57.2 Å². The fraction of sp³-hybridized carbons (Fsp3) is 0.364. The number of nitrogens with zero attached hydrogens (tertiary/aromatic N) is 1. The van der Waals surface area contributed by atoms with Crippen molar-refractivity contribution in [1.29, 1.82) is 0 Å². The minimum Gasteiger partial charge on any atom is -0.495 e. The molecule has 0 fully saturated rings. The highest BCUT2D eigenvalue weighted by molar-refractivity contribution is 6.09. The summed E-state index contributed by atoms with van der Waals surface area (Å²) in [5.74, 6) is 0.190. The standard InChI is InChI=1S/C33H43N5O6/c1-38(26-13-10-24(11-14-26)23-43-20-6-5-19-36-31(39)16-18-35)33(41)25-12-15-28(30(22-25)42-2)37-32(40)27-8-3-4-9-29(27)44-21-7-17-34/h3-4,8-15,22H,5-7,16-21,23,34-35H2,1-2H3,(H,36,39)(H,37,40). The summed E-state index contributed by atoms with van der Waals surface area (Å²) in [5, 5.41) is 5.68. The van der Waals surface area contributed by atoms with Crippen LogP contribution in [0.15, 0.2) is 66.7 Å². The van der Waals surface area contributed by atoms with E-state index in [1.165, 1.54) is 7.11 Å². The Balaban J connectivity index is 1.54. The van der Waals surface area contributed by atoms with E-state index >= 15 is 0 Å². The van der Waals surface area contributed by atoms with E-state index in [9.17, 15) is 14.4 Å². The van der Waals surface area contributed by atoms with Gasteiger partial charge in [0.1, 0.15) is 11.5 Å². The van der Waals surface area contributed by atoms with Crippen LogP contribution >= 0.6 is 0 Å². The highest BCUT2D eigenvalue weighted by Gasteiger charge is 2.18. The number of hydrogen-bond acceptors (Lipinski definition) is 8. The lowest BCUT2D eigenvalue weighted by Gasteiger charge is -2.19. The predicted octanol–water partition coefficient (Wildman–Crippen LogP) is 3.71. The van der Waals surface area contributed by atoms with Crippen molar-refractivity contribution in [3.63, 3.8) is 0 Å². The molecule has 0 bridgehead atoms. The average Bonchev–Trinajstić information content (AvgIpc) is 3.04. The number of rotatable bonds is 18. The van der Waals surface area contributed by atoms with Crippen LogP contribution in [0, 0.1) is 0 Å². The topological polar surface area (TPSA) is 158 Å². The Kier molecular flexibility index (Phi) is 14.1. The molecule has 3 aromatic carbocycles. The second-order valence-corrected chi connectivity index (χ2v) is 10.0. The second-order valence-electron chi connectivity index (χ2n) is 10.0. The molecule has 0 heterocycles. The zero-order chi connectivity index (χ0) is 31.7. The number of carbonyl (C=O) groups is 3. The van der Waals surface area contributed by atoms with Gasteiger partial charge in [0, 0.05) is 44.4 Å². The highest BCUT2D eigenvalue weighted by atomic mass is 16.5. The number of carbonyl (C=O) groups excluding carboxylic acids is 3. The van der Waals surface area contributed by atoms with Gasteiger partial charge in [-0.1, -0.05) is 24.3 Å². The van der Waals surface area contributed by atoms with Crippen molar-refractivity contribution in [3.05, 3.63) is 83.4 Å². The third-order valence-electron chi connectivity index (χ3n) is 6.74. The van der Waals surface area contributed by atoms with Crippen LogP contribution in [0.25, 0.3) is 0 Å². The summed E-state index contributed by atoms with van der Waals surface area (Å²) >= 11 is 0. The molecule has 3 rings (SSSR count). The number of para-hydroxylation sites is 1. The highest BCUT2D eigenvalue weighted by Crippen LogP contribution is 2.29. The molecule has 0 atom stereocenters. The van der Waals surface area contributed by atoms with Gasteiger partial charge >= 0.3 is 0 Å². The van der Waals surface area contributed by atoms with Crippen molar-refractivity contribution in [3.8, 4) is 11.5 Å². The molecule has 0 radical (unpaired) electrons. The molecule has 6 N–H and O–H groups in total. The molecular weight excluding hydrogens is 562 g/mol. The van der Waals surface area contributed by atoms with Gasteiger partial charge in [0.25, 0.3) is 11.8 Å². The number of methoxy groups -OCH3 is 1. The Labute approximate surface area is 258 Å². The number of benzene rings is 3. The normalized spacial score (nSPS) is 10.6. The number of unbranched alkanes of at least 4 members (excludes halogenated alkanes) is 1. The van der Waals surface area contributed by atoms with Gasteiger partial charge in [-0.2, -0.15) is 0 Å². The van der Waals surface area contributed by atoms with Crippen LogP contribution in [-0.2, 0) is 16.1 Å². The summed E-state index contributed by atoms with van der Waals surface area (Å²) in [6.07, 6.45) is 2.68. The third kappa shape index (κ3) is 10.4. The second kappa shape index (κ2) is 18.3. The molecule has 0 unspecified atom stereocenters. The molecule has 0 aliphatic heterocycles. The number of anilines is 2. The summed E-state index contributed by atoms with van der Waals surface area (Å²) in [7, 11) is 3.18. The zero-order valence-corrected chi connectivity index (χ0v) is 25.5. The van der Waals surface area contributed by atoms with Crippen molar-refractivity contribution in [2.45, 2.75) is 32.3 Å². The van der Waals surface area contributed by atoms with E-state index in [1.807, 2.05) is 24.3 Å². The van der Waals surface area contributed by atoms with Gasteiger partial charge < -0.3 is 41.2 Å². The summed E-state index contributed by atoms with van der Waals surface area (Å²) in [4.78, 5) is 39.3. The zero-order valence-electron chi connectivity index (χ0n) is 25.5. The van der Waals surface area contributed by atoms with Gasteiger partial charge in [0.05, 0.1) is 31.6 Å². The molecule has 11 heteroatoms. The van der Waals surface area contributed by atoms with Gasteiger partial charge in [-0.05, 0) is 73.8 Å². The van der Waals surface area contributed by atoms with Crippen LogP contribution < -0.4 is 36.5 Å². The van der Waals surface area contributed by atoms with Gasteiger partial charge in [-0.25, -0.2) is 0 Å². The maximum Gasteiger partial charge on any atom is 0.259 e. The maximum atomic E-state index is 13.3. The van der Waals surface area contributed by atoms with Crippen LogP contribution in [-0.4, -0.2) is 64.7 Å². The molecule has 0 saturated heterocycles. The number of nitrogens with two attached hydrogens (primary N) is 2. The van der Waals surface area contributed by atoms with Gasteiger partial charge in [0.2, 0.25) is 5.91 Å². The lowest BCUT2D eigenvalue weighted by Crippen LogP contribution is -2.26. The molecular formula is C33H43N5O6. The summed E-state index contributed by atoms with van der Waals surface area (Å²) < 4.78 is 17.0. The number of hydrogen-bond donors (Lipinski definition) is 4. The third-order valence-corrected chi connectivity index (χ3v) is 6.74. The van der Waals surface area contributed by atoms with Crippen molar-refractivity contribution < 1.29 is 28.6 Å². The van der Waals surface area contributed by atoms with E-state index < -0.39 is 0 Å². The van der Waals surface area contributed by atoms with E-state index in [-0.39, 0.29) is 17.7 Å². The first-order chi connectivity index (χ1) is 21.4. The minimum atomic E-state index is -0.362. The van der Waals surface area contributed by atoms with Gasteiger partial charge in [-0.3, -0.25) is 14.4 Å². The van der Waals surface area contributed by atoms with Crippen LogP contribution in [0.2, 0.25) is 0 Å². The Hall–Kier alpha value is -4.45. The van der Waals surface area contributed by atoms with E-state index in [2.05, 4.69) is 10.6 Å². The summed E-state index contributed by atoms with van der Waals surface area (Å²) in [5.41, 5.74) is 13.8. The molecule has 3 aromatic rings. The van der Waals surface area contributed by atoms with Crippen LogP contribution in [0.4, 0.5) is 11.4 Å². The summed E-state index contributed by atoms with van der Waals surface area (Å²) in [6, 6.07) is 19.4. The van der Waals surface area contributed by atoms with Crippen molar-refractivity contribution in [1.82, 2.24) is 5.32 Å². The van der Waals surface area contributed by atoms with Gasteiger partial charge in [0.15, 0.2) is 0 Å². The molecule has 0 aliphatic rings. The van der Waals surface area contributed by atoms with Crippen LogP contribution in [0.5, 0.6) is 11.5 Å². The smallest absolute Gasteiger partial charge is 0.259 e. The first-order valence-electron chi connectivity index (χ1n) is 14.7. The molecule has 0 aliphatic carbocycles. The average molecular weight is 606 g/mol. The number of nitrogens with one attached hydrogen (secondary N) is 2. The molecule has 11 nitrogen and oxygen atoms in total. The molecule has 44 heavy (non-hydrogen) atoms. The molecule has 0 saturated carbocycles. The lowest BCUT2D eigenvalue weighted by atomic mass is 10.1. The fourth-order valence-electron chi connectivity index (χ4n) is 4.26. The fourth-order valence-corrected chi connectivity index (χ4v) is 4.26. The Morgan fingerprint density at radius 2 is 1.64 bits per heavy atom.